The van der Waals surface area contributed by atoms with E-state index in [0.717, 1.165) is 31.6 Å². The summed E-state index contributed by atoms with van der Waals surface area (Å²) in [5.74, 6) is 0.486. The van der Waals surface area contributed by atoms with Gasteiger partial charge in [0, 0.05) is 31.0 Å². The van der Waals surface area contributed by atoms with E-state index in [4.69, 9.17) is 0 Å². The first-order valence-corrected chi connectivity index (χ1v) is 6.96. The molecule has 1 aliphatic heterocycles. The molecule has 2 heterocycles. The number of piperidine rings is 1. The van der Waals surface area contributed by atoms with Gasteiger partial charge in [0.1, 0.15) is 0 Å². The van der Waals surface area contributed by atoms with E-state index in [0.29, 0.717) is 12.0 Å². The third-order valence-corrected chi connectivity index (χ3v) is 3.93. The second kappa shape index (κ2) is 5.81. The summed E-state index contributed by atoms with van der Waals surface area (Å²) >= 11 is 0. The van der Waals surface area contributed by atoms with Crippen molar-refractivity contribution in [1.82, 2.24) is 9.88 Å². The summed E-state index contributed by atoms with van der Waals surface area (Å²) in [6.07, 6.45) is 3.68. The van der Waals surface area contributed by atoms with Crippen molar-refractivity contribution in [2.45, 2.75) is 51.7 Å². The molecule has 0 amide bonds. The van der Waals surface area contributed by atoms with Crippen molar-refractivity contribution < 1.29 is 5.11 Å². The van der Waals surface area contributed by atoms with Gasteiger partial charge in [0.15, 0.2) is 0 Å². The van der Waals surface area contributed by atoms with Gasteiger partial charge in [-0.15, -0.1) is 0 Å². The zero-order valence-corrected chi connectivity index (χ0v) is 11.6. The van der Waals surface area contributed by atoms with E-state index in [2.05, 4.69) is 42.8 Å². The van der Waals surface area contributed by atoms with Crippen molar-refractivity contribution in [2.24, 2.45) is 0 Å². The maximum Gasteiger partial charge on any atom is 0.0564 e. The van der Waals surface area contributed by atoms with Crippen LogP contribution in [0.4, 0.5) is 0 Å². The van der Waals surface area contributed by atoms with Crippen molar-refractivity contribution in [1.29, 1.82) is 0 Å². The van der Waals surface area contributed by atoms with Gasteiger partial charge in [-0.25, -0.2) is 0 Å². The molecule has 1 unspecified atom stereocenters. The summed E-state index contributed by atoms with van der Waals surface area (Å²) in [7, 11) is 0. The van der Waals surface area contributed by atoms with Crippen LogP contribution in [0.2, 0.25) is 0 Å². The normalized spacial score (nSPS) is 20.3. The first kappa shape index (κ1) is 13.5. The molecular weight excluding hydrogens is 224 g/mol. The van der Waals surface area contributed by atoms with Gasteiger partial charge in [-0.3, -0.25) is 9.88 Å². The number of pyridine rings is 1. The molecule has 0 radical (unpaired) electrons. The largest absolute Gasteiger partial charge is 0.393 e. The lowest BCUT2D eigenvalue weighted by atomic mass is 10.0. The maximum absolute atomic E-state index is 9.54. The van der Waals surface area contributed by atoms with Crippen LogP contribution in [0.5, 0.6) is 0 Å². The van der Waals surface area contributed by atoms with Gasteiger partial charge < -0.3 is 5.11 Å². The molecule has 18 heavy (non-hydrogen) atoms. The van der Waals surface area contributed by atoms with Crippen LogP contribution in [0.3, 0.4) is 0 Å². The van der Waals surface area contributed by atoms with Crippen LogP contribution in [0.1, 0.15) is 56.8 Å². The van der Waals surface area contributed by atoms with Crippen LogP contribution in [-0.4, -0.2) is 34.2 Å². The van der Waals surface area contributed by atoms with Gasteiger partial charge in [0.2, 0.25) is 0 Å². The first-order chi connectivity index (χ1) is 8.58. The van der Waals surface area contributed by atoms with E-state index in [1.54, 1.807) is 0 Å². The highest BCUT2D eigenvalue weighted by molar-refractivity contribution is 5.19. The predicted octanol–water partition coefficient (Wildman–Crippen LogP) is 2.72. The number of hydrogen-bond acceptors (Lipinski definition) is 3. The summed E-state index contributed by atoms with van der Waals surface area (Å²) in [5.41, 5.74) is 2.43. The van der Waals surface area contributed by atoms with Crippen LogP contribution in [0.25, 0.3) is 0 Å². The Kier molecular flexibility index (Phi) is 4.36. The van der Waals surface area contributed by atoms with Crippen LogP contribution in [0, 0.1) is 0 Å². The van der Waals surface area contributed by atoms with Gasteiger partial charge >= 0.3 is 0 Å². The molecule has 3 nitrogen and oxygen atoms in total. The van der Waals surface area contributed by atoms with Crippen molar-refractivity contribution in [2.75, 3.05) is 13.1 Å². The molecule has 1 atom stereocenters. The summed E-state index contributed by atoms with van der Waals surface area (Å²) < 4.78 is 0. The minimum absolute atomic E-state index is 0.102. The molecule has 100 valence electrons. The highest BCUT2D eigenvalue weighted by Gasteiger charge is 2.22. The predicted molar refractivity (Wildman–Crippen MR) is 73.6 cm³/mol. The lowest BCUT2D eigenvalue weighted by Gasteiger charge is -2.34. The number of likely N-dealkylation sites (tertiary alicyclic amines) is 1. The van der Waals surface area contributed by atoms with E-state index in [1.807, 2.05) is 6.20 Å². The Hall–Kier alpha value is -0.930. The SMILES string of the molecule is CC(C)c1ccc(C(C)N2CCC(O)CC2)cn1. The Balaban J connectivity index is 2.02. The monoisotopic (exact) mass is 248 g/mol. The number of aliphatic hydroxyl groups is 1. The molecule has 0 aliphatic carbocycles. The Morgan fingerprint density at radius 3 is 2.39 bits per heavy atom. The molecule has 1 aromatic rings. The molecule has 1 saturated heterocycles. The zero-order chi connectivity index (χ0) is 13.1. The number of aromatic nitrogens is 1. The third kappa shape index (κ3) is 3.09. The summed E-state index contributed by atoms with van der Waals surface area (Å²) in [6, 6.07) is 4.72. The highest BCUT2D eigenvalue weighted by Crippen LogP contribution is 2.24. The Morgan fingerprint density at radius 2 is 1.89 bits per heavy atom. The van der Waals surface area contributed by atoms with Gasteiger partial charge in [-0.05, 0) is 37.3 Å². The molecule has 3 heteroatoms. The van der Waals surface area contributed by atoms with E-state index < -0.39 is 0 Å². The number of hydrogen-bond donors (Lipinski definition) is 1. The fourth-order valence-electron chi connectivity index (χ4n) is 2.49. The molecule has 1 fully saturated rings. The number of nitrogens with zero attached hydrogens (tertiary/aromatic N) is 2. The van der Waals surface area contributed by atoms with Crippen molar-refractivity contribution >= 4 is 0 Å². The lowest BCUT2D eigenvalue weighted by Crippen LogP contribution is -2.37. The van der Waals surface area contributed by atoms with Crippen molar-refractivity contribution in [3.05, 3.63) is 29.6 Å². The lowest BCUT2D eigenvalue weighted by molar-refractivity contribution is 0.0644. The first-order valence-electron chi connectivity index (χ1n) is 6.96. The van der Waals surface area contributed by atoms with Crippen LogP contribution >= 0.6 is 0 Å². The standard InChI is InChI=1S/C15H24N2O/c1-11(2)15-5-4-13(10-16-15)12(3)17-8-6-14(18)7-9-17/h4-5,10-12,14,18H,6-9H2,1-3H3. The van der Waals surface area contributed by atoms with E-state index in [-0.39, 0.29) is 6.10 Å². The van der Waals surface area contributed by atoms with E-state index in [1.165, 1.54) is 5.56 Å². The van der Waals surface area contributed by atoms with E-state index in [9.17, 15) is 5.11 Å². The molecule has 1 N–H and O–H groups in total. The highest BCUT2D eigenvalue weighted by atomic mass is 16.3. The molecule has 1 aromatic heterocycles. The molecule has 1 aliphatic rings. The number of rotatable bonds is 3. The topological polar surface area (TPSA) is 36.4 Å². The second-order valence-electron chi connectivity index (χ2n) is 5.61. The fourth-order valence-corrected chi connectivity index (χ4v) is 2.49. The molecule has 0 aromatic carbocycles. The molecule has 0 saturated carbocycles. The Labute approximate surface area is 110 Å². The minimum Gasteiger partial charge on any atom is -0.393 e. The van der Waals surface area contributed by atoms with Gasteiger partial charge in [0.25, 0.3) is 0 Å². The quantitative estimate of drug-likeness (QED) is 0.893. The third-order valence-electron chi connectivity index (χ3n) is 3.93. The van der Waals surface area contributed by atoms with Gasteiger partial charge in [-0.2, -0.15) is 0 Å². The van der Waals surface area contributed by atoms with Crippen LogP contribution in [0.15, 0.2) is 18.3 Å². The zero-order valence-electron chi connectivity index (χ0n) is 11.6. The number of aliphatic hydroxyl groups excluding tert-OH is 1. The average Bonchev–Trinajstić information content (AvgIpc) is 2.39. The Bertz CT molecular complexity index is 367. The summed E-state index contributed by atoms with van der Waals surface area (Å²) in [6.45, 7) is 8.52. The van der Waals surface area contributed by atoms with Crippen molar-refractivity contribution in [3.8, 4) is 0 Å². The van der Waals surface area contributed by atoms with Crippen molar-refractivity contribution in [3.63, 3.8) is 0 Å². The molecular formula is C15H24N2O. The van der Waals surface area contributed by atoms with Gasteiger partial charge in [0.05, 0.1) is 6.10 Å². The molecule has 2 rings (SSSR count). The Morgan fingerprint density at radius 1 is 1.22 bits per heavy atom. The molecule has 0 bridgehead atoms. The average molecular weight is 248 g/mol. The van der Waals surface area contributed by atoms with Gasteiger partial charge in [-0.1, -0.05) is 19.9 Å². The smallest absolute Gasteiger partial charge is 0.0564 e. The minimum atomic E-state index is -0.102. The second-order valence-corrected chi connectivity index (χ2v) is 5.61. The van der Waals surface area contributed by atoms with E-state index >= 15 is 0 Å². The summed E-state index contributed by atoms with van der Waals surface area (Å²) in [5, 5.41) is 9.54. The maximum atomic E-state index is 9.54. The van der Waals surface area contributed by atoms with Crippen LogP contribution < -0.4 is 0 Å². The summed E-state index contributed by atoms with van der Waals surface area (Å²) in [4.78, 5) is 6.96. The molecule has 0 spiro atoms. The fraction of sp³-hybridized carbons (Fsp3) is 0.667. The van der Waals surface area contributed by atoms with Crippen LogP contribution in [-0.2, 0) is 0 Å².